The number of halogens is 1. The van der Waals surface area contributed by atoms with E-state index in [0.717, 1.165) is 31.5 Å². The van der Waals surface area contributed by atoms with E-state index in [1.165, 1.54) is 0 Å². The van der Waals surface area contributed by atoms with Crippen molar-refractivity contribution >= 4 is 17.5 Å². The minimum Gasteiger partial charge on any atom is -0.376 e. The summed E-state index contributed by atoms with van der Waals surface area (Å²) in [6.07, 6.45) is 2.74. The average molecular weight is 297 g/mol. The number of rotatable bonds is 6. The molecule has 1 amide bonds. The van der Waals surface area contributed by atoms with E-state index < -0.39 is 0 Å². The Balaban J connectivity index is 1.61. The zero-order chi connectivity index (χ0) is 14.2. The Labute approximate surface area is 124 Å². The molecule has 1 fully saturated rings. The van der Waals surface area contributed by atoms with Crippen molar-refractivity contribution < 1.29 is 9.53 Å². The first kappa shape index (κ1) is 15.3. The summed E-state index contributed by atoms with van der Waals surface area (Å²) in [4.78, 5) is 11.8. The molecule has 2 rings (SSSR count). The molecule has 1 heterocycles. The van der Waals surface area contributed by atoms with Gasteiger partial charge in [0.1, 0.15) is 0 Å². The fourth-order valence-corrected chi connectivity index (χ4v) is 2.46. The molecule has 1 aliphatic heterocycles. The molecule has 5 heteroatoms. The number of hydrogen-bond acceptors (Lipinski definition) is 3. The Hall–Kier alpha value is -1.10. The molecule has 1 aliphatic rings. The Morgan fingerprint density at radius 1 is 1.35 bits per heavy atom. The van der Waals surface area contributed by atoms with Crippen LogP contribution in [0.4, 0.5) is 0 Å². The molecule has 1 aromatic carbocycles. The van der Waals surface area contributed by atoms with Gasteiger partial charge in [-0.05, 0) is 37.6 Å². The molecule has 0 radical (unpaired) electrons. The lowest BCUT2D eigenvalue weighted by molar-refractivity contribution is -0.120. The van der Waals surface area contributed by atoms with Crippen molar-refractivity contribution in [1.82, 2.24) is 10.6 Å². The standard InChI is InChI=1S/C15H21ClN2O2/c16-14-4-2-1-3-12(14)11-15(19)18-9-10-20-13-5-7-17-8-6-13/h1-4,13,17H,5-11H2,(H,18,19). The highest BCUT2D eigenvalue weighted by Gasteiger charge is 2.13. The average Bonchev–Trinajstić information content (AvgIpc) is 2.47. The molecule has 4 nitrogen and oxygen atoms in total. The fraction of sp³-hybridized carbons (Fsp3) is 0.533. The van der Waals surface area contributed by atoms with Gasteiger partial charge in [0.15, 0.2) is 0 Å². The maximum Gasteiger partial charge on any atom is 0.224 e. The molecule has 0 saturated carbocycles. The van der Waals surface area contributed by atoms with Gasteiger partial charge in [0.2, 0.25) is 5.91 Å². The summed E-state index contributed by atoms with van der Waals surface area (Å²) in [5, 5.41) is 6.79. The maximum atomic E-state index is 11.8. The van der Waals surface area contributed by atoms with E-state index in [0.29, 0.717) is 30.7 Å². The van der Waals surface area contributed by atoms with Crippen LogP contribution in [0.25, 0.3) is 0 Å². The van der Waals surface area contributed by atoms with Gasteiger partial charge in [0.05, 0.1) is 19.1 Å². The van der Waals surface area contributed by atoms with Crippen LogP contribution >= 0.6 is 11.6 Å². The minimum absolute atomic E-state index is 0.0213. The van der Waals surface area contributed by atoms with Crippen LogP contribution in [0.5, 0.6) is 0 Å². The van der Waals surface area contributed by atoms with Gasteiger partial charge in [-0.2, -0.15) is 0 Å². The number of ether oxygens (including phenoxy) is 1. The molecular formula is C15H21ClN2O2. The molecule has 110 valence electrons. The van der Waals surface area contributed by atoms with Crippen molar-refractivity contribution in [2.75, 3.05) is 26.2 Å². The van der Waals surface area contributed by atoms with Crippen molar-refractivity contribution in [2.45, 2.75) is 25.4 Å². The highest BCUT2D eigenvalue weighted by molar-refractivity contribution is 6.31. The molecule has 0 aliphatic carbocycles. The second kappa shape index (κ2) is 8.25. The molecule has 1 saturated heterocycles. The van der Waals surface area contributed by atoms with Gasteiger partial charge in [-0.15, -0.1) is 0 Å². The van der Waals surface area contributed by atoms with E-state index in [-0.39, 0.29) is 5.91 Å². The molecule has 2 N–H and O–H groups in total. The van der Waals surface area contributed by atoms with Gasteiger partial charge in [0.25, 0.3) is 0 Å². The van der Waals surface area contributed by atoms with Crippen LogP contribution in [-0.2, 0) is 16.0 Å². The molecule has 0 aromatic heterocycles. The van der Waals surface area contributed by atoms with Crippen LogP contribution in [0.3, 0.4) is 0 Å². The topological polar surface area (TPSA) is 50.4 Å². The second-order valence-electron chi connectivity index (χ2n) is 4.94. The molecule has 0 spiro atoms. The van der Waals surface area contributed by atoms with Crippen LogP contribution in [0, 0.1) is 0 Å². The van der Waals surface area contributed by atoms with Gasteiger partial charge in [-0.1, -0.05) is 29.8 Å². The number of hydrogen-bond donors (Lipinski definition) is 2. The summed E-state index contributed by atoms with van der Waals surface area (Å²) in [6.45, 7) is 3.15. The zero-order valence-electron chi connectivity index (χ0n) is 11.5. The smallest absolute Gasteiger partial charge is 0.224 e. The SMILES string of the molecule is O=C(Cc1ccccc1Cl)NCCOC1CCNCC1. The van der Waals surface area contributed by atoms with E-state index >= 15 is 0 Å². The largest absolute Gasteiger partial charge is 0.376 e. The Kier molecular flexibility index (Phi) is 6.30. The van der Waals surface area contributed by atoms with Crippen molar-refractivity contribution in [2.24, 2.45) is 0 Å². The summed E-state index contributed by atoms with van der Waals surface area (Å²) in [5.74, 6) is -0.0213. The molecule has 0 atom stereocenters. The maximum absolute atomic E-state index is 11.8. The first-order chi connectivity index (χ1) is 9.75. The number of piperidine rings is 1. The van der Waals surface area contributed by atoms with Crippen molar-refractivity contribution in [3.05, 3.63) is 34.9 Å². The number of nitrogens with one attached hydrogen (secondary N) is 2. The first-order valence-corrected chi connectivity index (χ1v) is 7.46. The van der Waals surface area contributed by atoms with Gasteiger partial charge in [-0.3, -0.25) is 4.79 Å². The Morgan fingerprint density at radius 3 is 2.85 bits per heavy atom. The number of benzene rings is 1. The lowest BCUT2D eigenvalue weighted by atomic mass is 10.1. The lowest BCUT2D eigenvalue weighted by Gasteiger charge is -2.22. The fourth-order valence-electron chi connectivity index (χ4n) is 2.26. The zero-order valence-corrected chi connectivity index (χ0v) is 12.3. The van der Waals surface area contributed by atoms with E-state index in [2.05, 4.69) is 10.6 Å². The Bertz CT molecular complexity index is 434. The molecule has 20 heavy (non-hydrogen) atoms. The Morgan fingerprint density at radius 2 is 2.10 bits per heavy atom. The number of carbonyl (C=O) groups is 1. The van der Waals surface area contributed by atoms with E-state index in [4.69, 9.17) is 16.3 Å². The van der Waals surface area contributed by atoms with Gasteiger partial charge < -0.3 is 15.4 Å². The highest BCUT2D eigenvalue weighted by atomic mass is 35.5. The van der Waals surface area contributed by atoms with Crippen molar-refractivity contribution in [3.63, 3.8) is 0 Å². The number of carbonyl (C=O) groups excluding carboxylic acids is 1. The summed E-state index contributed by atoms with van der Waals surface area (Å²) in [6, 6.07) is 7.41. The minimum atomic E-state index is -0.0213. The summed E-state index contributed by atoms with van der Waals surface area (Å²) in [7, 11) is 0. The summed E-state index contributed by atoms with van der Waals surface area (Å²) >= 11 is 6.02. The molecule has 0 unspecified atom stereocenters. The molecule has 1 aromatic rings. The van der Waals surface area contributed by atoms with Crippen molar-refractivity contribution in [1.29, 1.82) is 0 Å². The molecular weight excluding hydrogens is 276 g/mol. The summed E-state index contributed by atoms with van der Waals surface area (Å²) in [5.41, 5.74) is 0.853. The third-order valence-electron chi connectivity index (χ3n) is 3.37. The summed E-state index contributed by atoms with van der Waals surface area (Å²) < 4.78 is 5.73. The van der Waals surface area contributed by atoms with Crippen LogP contribution in [0.2, 0.25) is 5.02 Å². The highest BCUT2D eigenvalue weighted by Crippen LogP contribution is 2.15. The number of amides is 1. The molecule has 0 bridgehead atoms. The van der Waals surface area contributed by atoms with Crippen LogP contribution in [-0.4, -0.2) is 38.3 Å². The predicted molar refractivity (Wildman–Crippen MR) is 80.0 cm³/mol. The van der Waals surface area contributed by atoms with Crippen LogP contribution in [0.15, 0.2) is 24.3 Å². The van der Waals surface area contributed by atoms with Gasteiger partial charge in [0, 0.05) is 11.6 Å². The van der Waals surface area contributed by atoms with E-state index in [1.54, 1.807) is 6.07 Å². The lowest BCUT2D eigenvalue weighted by Crippen LogP contribution is -2.35. The monoisotopic (exact) mass is 296 g/mol. The normalized spacial score (nSPS) is 16.1. The van der Waals surface area contributed by atoms with Crippen LogP contribution in [0.1, 0.15) is 18.4 Å². The second-order valence-corrected chi connectivity index (χ2v) is 5.35. The van der Waals surface area contributed by atoms with Crippen molar-refractivity contribution in [3.8, 4) is 0 Å². The van der Waals surface area contributed by atoms with Gasteiger partial charge in [-0.25, -0.2) is 0 Å². The van der Waals surface area contributed by atoms with E-state index in [1.807, 2.05) is 18.2 Å². The quantitative estimate of drug-likeness (QED) is 0.787. The van der Waals surface area contributed by atoms with E-state index in [9.17, 15) is 4.79 Å². The predicted octanol–water partition coefficient (Wildman–Crippen LogP) is 1.77. The third-order valence-corrected chi connectivity index (χ3v) is 3.74. The van der Waals surface area contributed by atoms with Gasteiger partial charge >= 0.3 is 0 Å². The van der Waals surface area contributed by atoms with Crippen LogP contribution < -0.4 is 10.6 Å². The first-order valence-electron chi connectivity index (χ1n) is 7.08. The third kappa shape index (κ3) is 5.12.